The summed E-state index contributed by atoms with van der Waals surface area (Å²) in [6.07, 6.45) is -0.156. The number of hydrogen-bond acceptors (Lipinski definition) is 2. The number of rotatable bonds is 4. The molecule has 1 atom stereocenters. The molecule has 17 heavy (non-hydrogen) atoms. The molecule has 4 heteroatoms. The van der Waals surface area contributed by atoms with Crippen LogP contribution in [-0.2, 0) is 9.59 Å². The number of carboxylic acid groups (broad SMARTS) is 1. The van der Waals surface area contributed by atoms with E-state index < -0.39 is 11.9 Å². The van der Waals surface area contributed by atoms with Crippen LogP contribution in [0.5, 0.6) is 0 Å². The van der Waals surface area contributed by atoms with Crippen molar-refractivity contribution in [3.63, 3.8) is 0 Å². The molecule has 1 amide bonds. The lowest BCUT2D eigenvalue weighted by molar-refractivity contribution is -0.139. The molecule has 0 saturated carbocycles. The number of amides is 1. The molecule has 0 fully saturated rings. The summed E-state index contributed by atoms with van der Waals surface area (Å²) in [5.41, 5.74) is 2.72. The summed E-state index contributed by atoms with van der Waals surface area (Å²) in [6, 6.07) is 5.73. The van der Waals surface area contributed by atoms with E-state index in [4.69, 9.17) is 5.11 Å². The van der Waals surface area contributed by atoms with E-state index in [-0.39, 0.29) is 12.3 Å². The zero-order valence-corrected chi connectivity index (χ0v) is 10.3. The molecule has 0 radical (unpaired) electrons. The second-order valence-electron chi connectivity index (χ2n) is 4.25. The molecule has 0 heterocycles. The Hall–Kier alpha value is -1.84. The lowest BCUT2D eigenvalue weighted by atomic mass is 10.1. The van der Waals surface area contributed by atoms with E-state index in [0.717, 1.165) is 16.8 Å². The van der Waals surface area contributed by atoms with Crippen molar-refractivity contribution in [2.24, 2.45) is 5.92 Å². The van der Waals surface area contributed by atoms with E-state index in [2.05, 4.69) is 5.32 Å². The first-order valence-electron chi connectivity index (χ1n) is 5.50. The number of carboxylic acids is 1. The number of hydrogen-bond donors (Lipinski definition) is 2. The second-order valence-corrected chi connectivity index (χ2v) is 4.25. The van der Waals surface area contributed by atoms with Gasteiger partial charge in [0.1, 0.15) is 0 Å². The molecular weight excluding hydrogens is 218 g/mol. The number of aryl methyl sites for hydroxylation is 2. The second kappa shape index (κ2) is 5.48. The van der Waals surface area contributed by atoms with Crippen LogP contribution >= 0.6 is 0 Å². The van der Waals surface area contributed by atoms with Crippen LogP contribution in [0.3, 0.4) is 0 Å². The van der Waals surface area contributed by atoms with E-state index in [0.29, 0.717) is 0 Å². The highest BCUT2D eigenvalue weighted by atomic mass is 16.4. The monoisotopic (exact) mass is 235 g/mol. The average molecular weight is 235 g/mol. The SMILES string of the molecule is Cc1cccc(C)c1NC(=O)C(C)CC(=O)O. The third kappa shape index (κ3) is 3.59. The van der Waals surface area contributed by atoms with Crippen LogP contribution in [-0.4, -0.2) is 17.0 Å². The standard InChI is InChI=1S/C13H17NO3/c1-8-5-4-6-9(2)12(8)14-13(17)10(3)7-11(15)16/h4-6,10H,7H2,1-3H3,(H,14,17)(H,15,16). The van der Waals surface area contributed by atoms with Gasteiger partial charge in [-0.1, -0.05) is 25.1 Å². The third-order valence-corrected chi connectivity index (χ3v) is 2.66. The largest absolute Gasteiger partial charge is 0.481 e. The first-order chi connectivity index (χ1) is 7.91. The van der Waals surface area contributed by atoms with Crippen LogP contribution in [0.4, 0.5) is 5.69 Å². The van der Waals surface area contributed by atoms with Gasteiger partial charge < -0.3 is 10.4 Å². The first kappa shape index (κ1) is 13.2. The minimum Gasteiger partial charge on any atom is -0.481 e. The Kier molecular flexibility index (Phi) is 4.26. The number of aliphatic carboxylic acids is 1. The predicted octanol–water partition coefficient (Wildman–Crippen LogP) is 2.35. The van der Waals surface area contributed by atoms with E-state index in [1.54, 1.807) is 6.92 Å². The fourth-order valence-electron chi connectivity index (χ4n) is 1.61. The van der Waals surface area contributed by atoms with Crippen molar-refractivity contribution in [3.8, 4) is 0 Å². The van der Waals surface area contributed by atoms with Gasteiger partial charge in [-0.25, -0.2) is 0 Å². The van der Waals surface area contributed by atoms with Gasteiger partial charge in [-0.15, -0.1) is 0 Å². The highest BCUT2D eigenvalue weighted by Crippen LogP contribution is 2.20. The van der Waals surface area contributed by atoms with Gasteiger partial charge in [0, 0.05) is 11.6 Å². The van der Waals surface area contributed by atoms with Crippen LogP contribution in [0.15, 0.2) is 18.2 Å². The predicted molar refractivity (Wildman–Crippen MR) is 66.0 cm³/mol. The van der Waals surface area contributed by atoms with Crippen molar-refractivity contribution in [1.29, 1.82) is 0 Å². The zero-order chi connectivity index (χ0) is 13.0. The van der Waals surface area contributed by atoms with Crippen LogP contribution in [0, 0.1) is 19.8 Å². The number of carbonyl (C=O) groups excluding carboxylic acids is 1. The molecule has 0 aliphatic heterocycles. The summed E-state index contributed by atoms with van der Waals surface area (Å²) in [7, 11) is 0. The molecule has 1 unspecified atom stereocenters. The quantitative estimate of drug-likeness (QED) is 0.841. The zero-order valence-electron chi connectivity index (χ0n) is 10.3. The Morgan fingerprint density at radius 2 is 1.82 bits per heavy atom. The molecule has 0 bridgehead atoms. The van der Waals surface area contributed by atoms with Crippen molar-refractivity contribution in [3.05, 3.63) is 29.3 Å². The van der Waals surface area contributed by atoms with E-state index in [1.165, 1.54) is 0 Å². The molecule has 0 saturated heterocycles. The Balaban J connectivity index is 2.78. The van der Waals surface area contributed by atoms with Crippen molar-refractivity contribution >= 4 is 17.6 Å². The van der Waals surface area contributed by atoms with Crippen molar-refractivity contribution in [2.45, 2.75) is 27.2 Å². The smallest absolute Gasteiger partial charge is 0.304 e. The molecule has 0 spiro atoms. The highest BCUT2D eigenvalue weighted by Gasteiger charge is 2.17. The van der Waals surface area contributed by atoms with Crippen molar-refractivity contribution in [2.75, 3.05) is 5.32 Å². The number of carbonyl (C=O) groups is 2. The lowest BCUT2D eigenvalue weighted by Gasteiger charge is -2.14. The summed E-state index contributed by atoms with van der Waals surface area (Å²) in [4.78, 5) is 22.3. The first-order valence-corrected chi connectivity index (χ1v) is 5.50. The summed E-state index contributed by atoms with van der Waals surface area (Å²) in [5.74, 6) is -1.76. The molecule has 0 aliphatic rings. The van der Waals surface area contributed by atoms with Gasteiger partial charge in [0.2, 0.25) is 5.91 Å². The lowest BCUT2D eigenvalue weighted by Crippen LogP contribution is -2.23. The molecular formula is C13H17NO3. The molecule has 92 valence electrons. The van der Waals surface area contributed by atoms with Crippen LogP contribution in [0.1, 0.15) is 24.5 Å². The topological polar surface area (TPSA) is 66.4 Å². The fraction of sp³-hybridized carbons (Fsp3) is 0.385. The molecule has 4 nitrogen and oxygen atoms in total. The van der Waals surface area contributed by atoms with Gasteiger partial charge in [-0.3, -0.25) is 9.59 Å². The van der Waals surface area contributed by atoms with Gasteiger partial charge in [-0.05, 0) is 25.0 Å². The van der Waals surface area contributed by atoms with Crippen molar-refractivity contribution in [1.82, 2.24) is 0 Å². The Labute approximate surface area is 101 Å². The maximum atomic E-state index is 11.8. The third-order valence-electron chi connectivity index (χ3n) is 2.66. The van der Waals surface area contributed by atoms with Crippen LogP contribution in [0.25, 0.3) is 0 Å². The van der Waals surface area contributed by atoms with Gasteiger partial charge in [0.05, 0.1) is 6.42 Å². The maximum Gasteiger partial charge on any atom is 0.304 e. The normalized spacial score (nSPS) is 11.9. The number of nitrogens with one attached hydrogen (secondary N) is 1. The maximum absolute atomic E-state index is 11.8. The number of para-hydroxylation sites is 1. The Morgan fingerprint density at radius 1 is 1.29 bits per heavy atom. The summed E-state index contributed by atoms with van der Waals surface area (Å²) >= 11 is 0. The fourth-order valence-corrected chi connectivity index (χ4v) is 1.61. The van der Waals surface area contributed by atoms with Gasteiger partial charge in [0.25, 0.3) is 0 Å². The van der Waals surface area contributed by atoms with Crippen LogP contribution < -0.4 is 5.32 Å². The molecule has 1 aromatic rings. The van der Waals surface area contributed by atoms with Gasteiger partial charge in [0.15, 0.2) is 0 Å². The highest BCUT2D eigenvalue weighted by molar-refractivity contribution is 5.95. The van der Waals surface area contributed by atoms with Crippen LogP contribution in [0.2, 0.25) is 0 Å². The van der Waals surface area contributed by atoms with Crippen molar-refractivity contribution < 1.29 is 14.7 Å². The van der Waals surface area contributed by atoms with E-state index in [1.807, 2.05) is 32.0 Å². The molecule has 1 rings (SSSR count). The number of benzene rings is 1. The minimum absolute atomic E-state index is 0.156. The Morgan fingerprint density at radius 3 is 2.29 bits per heavy atom. The molecule has 1 aromatic carbocycles. The average Bonchev–Trinajstić information content (AvgIpc) is 2.22. The van der Waals surface area contributed by atoms with Gasteiger partial charge >= 0.3 is 5.97 Å². The Bertz CT molecular complexity index is 420. The summed E-state index contributed by atoms with van der Waals surface area (Å²) in [6.45, 7) is 5.42. The molecule has 0 aromatic heterocycles. The van der Waals surface area contributed by atoms with E-state index in [9.17, 15) is 9.59 Å². The molecule has 0 aliphatic carbocycles. The summed E-state index contributed by atoms with van der Waals surface area (Å²) < 4.78 is 0. The van der Waals surface area contributed by atoms with E-state index >= 15 is 0 Å². The number of anilines is 1. The van der Waals surface area contributed by atoms with Gasteiger partial charge in [-0.2, -0.15) is 0 Å². The molecule has 2 N–H and O–H groups in total. The minimum atomic E-state index is -0.964. The summed E-state index contributed by atoms with van der Waals surface area (Å²) in [5, 5.41) is 11.4.